The number of H-pyrrole nitrogens is 1. The average Bonchev–Trinajstić information content (AvgIpc) is 2.80. The van der Waals surface area contributed by atoms with Crippen LogP contribution in [0.25, 0.3) is 10.9 Å². The molecule has 0 radical (unpaired) electrons. The molecule has 4 aromatic rings. The van der Waals surface area contributed by atoms with Crippen LogP contribution in [-0.4, -0.2) is 28.4 Å². The topological polar surface area (TPSA) is 106 Å². The van der Waals surface area contributed by atoms with E-state index in [9.17, 15) is 18.8 Å². The smallest absolute Gasteiger partial charge is 0.349 e. The van der Waals surface area contributed by atoms with Gasteiger partial charge >= 0.3 is 5.69 Å². The van der Waals surface area contributed by atoms with Crippen molar-refractivity contribution in [3.8, 4) is 5.75 Å². The Balaban J connectivity index is 1.51. The number of hydrogen-bond acceptors (Lipinski definition) is 5. The Morgan fingerprint density at radius 2 is 1.76 bits per heavy atom. The Bertz CT molecular complexity index is 1530. The van der Waals surface area contributed by atoms with Gasteiger partial charge in [-0.1, -0.05) is 47.5 Å². The molecule has 0 saturated heterocycles. The Kier molecular flexibility index (Phi) is 6.76. The molecule has 0 aliphatic carbocycles. The third-order valence-electron chi connectivity index (χ3n) is 4.62. The van der Waals surface area contributed by atoms with Crippen LogP contribution in [0, 0.1) is 5.82 Å². The lowest BCUT2D eigenvalue weighted by molar-refractivity contribution is -0.118. The fraction of sp³-hybridized carbons (Fsp3) is 0.0435. The quantitative estimate of drug-likeness (QED) is 0.389. The Labute approximate surface area is 201 Å². The SMILES string of the molecule is O=C(COc1c(Cl)cc(C=Nn2c(=O)[nH]c3ccccc3c2=O)cc1Cl)Nc1ccccc1F. The van der Waals surface area contributed by atoms with Crippen LogP contribution in [0.15, 0.2) is 75.4 Å². The number of rotatable bonds is 6. The molecule has 0 unspecified atom stereocenters. The summed E-state index contributed by atoms with van der Waals surface area (Å²) in [4.78, 5) is 39.4. The van der Waals surface area contributed by atoms with Gasteiger partial charge in [-0.25, -0.2) is 9.18 Å². The molecule has 2 N–H and O–H groups in total. The number of hydrogen-bond donors (Lipinski definition) is 2. The number of para-hydroxylation sites is 2. The van der Waals surface area contributed by atoms with Crippen molar-refractivity contribution in [2.45, 2.75) is 0 Å². The standard InChI is InChI=1S/C23H15Cl2FN4O4/c24-15-9-13(11-27-30-22(32)14-5-1-3-7-18(14)29-23(30)33)10-16(25)21(15)34-12-20(31)28-19-8-4-2-6-17(19)26/h1-11H,12H2,(H,28,31)(H,29,33). The van der Waals surface area contributed by atoms with Crippen molar-refractivity contribution in [2.24, 2.45) is 5.10 Å². The molecule has 0 fully saturated rings. The van der Waals surface area contributed by atoms with Crippen molar-refractivity contribution < 1.29 is 13.9 Å². The number of amides is 1. The maximum absolute atomic E-state index is 13.7. The number of halogens is 3. The fourth-order valence-electron chi connectivity index (χ4n) is 3.06. The van der Waals surface area contributed by atoms with Crippen molar-refractivity contribution in [1.29, 1.82) is 0 Å². The lowest BCUT2D eigenvalue weighted by Crippen LogP contribution is -2.32. The predicted octanol–water partition coefficient (Wildman–Crippen LogP) is 4.04. The summed E-state index contributed by atoms with van der Waals surface area (Å²) in [5.74, 6) is -1.16. The summed E-state index contributed by atoms with van der Waals surface area (Å²) in [6.07, 6.45) is 1.23. The number of nitrogens with one attached hydrogen (secondary N) is 2. The number of nitrogens with zero attached hydrogens (tertiary/aromatic N) is 2. The highest BCUT2D eigenvalue weighted by molar-refractivity contribution is 6.37. The fourth-order valence-corrected chi connectivity index (χ4v) is 3.67. The second-order valence-electron chi connectivity index (χ2n) is 6.97. The number of carbonyl (C=O) groups is 1. The molecule has 0 aliphatic heterocycles. The number of anilines is 1. The molecule has 3 aromatic carbocycles. The van der Waals surface area contributed by atoms with Crippen molar-refractivity contribution in [1.82, 2.24) is 9.66 Å². The molecule has 1 amide bonds. The van der Waals surface area contributed by atoms with E-state index in [-0.39, 0.29) is 21.5 Å². The molecule has 0 aliphatic rings. The van der Waals surface area contributed by atoms with Crippen LogP contribution in [0.3, 0.4) is 0 Å². The van der Waals surface area contributed by atoms with E-state index in [0.717, 1.165) is 0 Å². The van der Waals surface area contributed by atoms with Crippen LogP contribution >= 0.6 is 23.2 Å². The van der Waals surface area contributed by atoms with Crippen molar-refractivity contribution in [2.75, 3.05) is 11.9 Å². The van der Waals surface area contributed by atoms with Gasteiger partial charge in [-0.15, -0.1) is 4.68 Å². The van der Waals surface area contributed by atoms with E-state index in [0.29, 0.717) is 21.1 Å². The number of carbonyl (C=O) groups excluding carboxylic acids is 1. The molecule has 0 atom stereocenters. The highest BCUT2D eigenvalue weighted by atomic mass is 35.5. The lowest BCUT2D eigenvalue weighted by atomic mass is 10.2. The first-order valence-electron chi connectivity index (χ1n) is 9.78. The summed E-state index contributed by atoms with van der Waals surface area (Å²) in [6, 6.07) is 15.1. The van der Waals surface area contributed by atoms with E-state index >= 15 is 0 Å². The second-order valence-corrected chi connectivity index (χ2v) is 7.78. The van der Waals surface area contributed by atoms with Gasteiger partial charge in [0.15, 0.2) is 12.4 Å². The van der Waals surface area contributed by atoms with E-state index in [4.69, 9.17) is 27.9 Å². The van der Waals surface area contributed by atoms with Crippen LogP contribution in [0.1, 0.15) is 5.56 Å². The molecule has 172 valence electrons. The van der Waals surface area contributed by atoms with E-state index in [2.05, 4.69) is 15.4 Å². The van der Waals surface area contributed by atoms with E-state index < -0.39 is 29.6 Å². The van der Waals surface area contributed by atoms with E-state index in [1.165, 1.54) is 36.5 Å². The molecular formula is C23H15Cl2FN4O4. The third kappa shape index (κ3) is 5.00. The molecule has 0 spiro atoms. The zero-order valence-corrected chi connectivity index (χ0v) is 18.7. The molecule has 4 rings (SSSR count). The average molecular weight is 501 g/mol. The van der Waals surface area contributed by atoms with Gasteiger partial charge in [0.2, 0.25) is 0 Å². The van der Waals surface area contributed by atoms with Gasteiger partial charge < -0.3 is 15.0 Å². The van der Waals surface area contributed by atoms with E-state index in [1.54, 1.807) is 30.3 Å². The second kappa shape index (κ2) is 9.90. The molecule has 0 saturated carbocycles. The molecule has 1 heterocycles. The highest BCUT2D eigenvalue weighted by Gasteiger charge is 2.13. The number of aromatic nitrogens is 2. The molecule has 1 aromatic heterocycles. The minimum absolute atomic E-state index is 0.0128. The number of fused-ring (bicyclic) bond motifs is 1. The summed E-state index contributed by atoms with van der Waals surface area (Å²) in [6.45, 7) is -0.469. The predicted molar refractivity (Wildman–Crippen MR) is 129 cm³/mol. The third-order valence-corrected chi connectivity index (χ3v) is 5.18. The maximum Gasteiger partial charge on any atom is 0.349 e. The molecule has 34 heavy (non-hydrogen) atoms. The van der Waals surface area contributed by atoms with Gasteiger partial charge in [-0.2, -0.15) is 5.10 Å². The van der Waals surface area contributed by atoms with Crippen molar-refractivity contribution in [3.63, 3.8) is 0 Å². The van der Waals surface area contributed by atoms with Crippen LogP contribution < -0.4 is 21.3 Å². The molecule has 8 nitrogen and oxygen atoms in total. The number of benzene rings is 3. The Morgan fingerprint density at radius 3 is 2.50 bits per heavy atom. The highest BCUT2D eigenvalue weighted by Crippen LogP contribution is 2.33. The van der Waals surface area contributed by atoms with Crippen molar-refractivity contribution in [3.05, 3.63) is 103 Å². The van der Waals surface area contributed by atoms with Gasteiger partial charge in [0.05, 0.1) is 32.9 Å². The monoisotopic (exact) mass is 500 g/mol. The first kappa shape index (κ1) is 23.2. The van der Waals surface area contributed by atoms with Crippen molar-refractivity contribution >= 4 is 51.9 Å². The summed E-state index contributed by atoms with van der Waals surface area (Å²) in [5.41, 5.74) is -0.515. The lowest BCUT2D eigenvalue weighted by Gasteiger charge is -2.11. The number of aromatic amines is 1. The Hall–Kier alpha value is -3.95. The van der Waals surface area contributed by atoms with Crippen LogP contribution in [-0.2, 0) is 4.79 Å². The Morgan fingerprint density at radius 1 is 1.09 bits per heavy atom. The minimum Gasteiger partial charge on any atom is -0.481 e. The summed E-state index contributed by atoms with van der Waals surface area (Å²) < 4.78 is 19.7. The normalized spacial score (nSPS) is 11.1. The summed E-state index contributed by atoms with van der Waals surface area (Å²) in [7, 11) is 0. The molecule has 0 bridgehead atoms. The zero-order valence-electron chi connectivity index (χ0n) is 17.2. The van der Waals surface area contributed by atoms with Gasteiger partial charge in [-0.3, -0.25) is 9.59 Å². The number of ether oxygens (including phenoxy) is 1. The van der Waals surface area contributed by atoms with Gasteiger partial charge in [0, 0.05) is 0 Å². The van der Waals surface area contributed by atoms with Crippen LogP contribution in [0.5, 0.6) is 5.75 Å². The van der Waals surface area contributed by atoms with Gasteiger partial charge in [0.1, 0.15) is 5.82 Å². The molecule has 11 heteroatoms. The minimum atomic E-state index is -0.710. The van der Waals surface area contributed by atoms with Gasteiger partial charge in [-0.05, 0) is 42.0 Å². The largest absolute Gasteiger partial charge is 0.481 e. The maximum atomic E-state index is 13.7. The first-order chi connectivity index (χ1) is 16.3. The molecular weight excluding hydrogens is 486 g/mol. The first-order valence-corrected chi connectivity index (χ1v) is 10.5. The summed E-state index contributed by atoms with van der Waals surface area (Å²) in [5, 5.41) is 6.75. The summed E-state index contributed by atoms with van der Waals surface area (Å²) >= 11 is 12.5. The van der Waals surface area contributed by atoms with E-state index in [1.807, 2.05) is 0 Å². The van der Waals surface area contributed by atoms with Crippen LogP contribution in [0.4, 0.5) is 10.1 Å². The van der Waals surface area contributed by atoms with Gasteiger partial charge in [0.25, 0.3) is 11.5 Å². The van der Waals surface area contributed by atoms with Crippen LogP contribution in [0.2, 0.25) is 10.0 Å². The zero-order chi connectivity index (χ0) is 24.2.